The molecule has 7 nitrogen and oxygen atoms in total. The fraction of sp³-hybridized carbons (Fsp3) is 0.235. The predicted octanol–water partition coefficient (Wildman–Crippen LogP) is 2.31. The SMILES string of the molecule is COc1cc(C(=O)O/N=C2/C=CC(=O)C=C2C)cc(OC)c1OC. The number of carbonyl (C=O) groups excluding carboxylic acids is 2. The lowest BCUT2D eigenvalue weighted by Crippen LogP contribution is -2.09. The highest BCUT2D eigenvalue weighted by atomic mass is 16.7. The van der Waals surface area contributed by atoms with E-state index in [4.69, 9.17) is 19.0 Å². The summed E-state index contributed by atoms with van der Waals surface area (Å²) in [5.74, 6) is 0.198. The molecular weight excluding hydrogens is 314 g/mol. The minimum absolute atomic E-state index is 0.137. The molecule has 126 valence electrons. The van der Waals surface area contributed by atoms with E-state index in [1.807, 2.05) is 0 Å². The van der Waals surface area contributed by atoms with Gasteiger partial charge in [-0.05, 0) is 42.9 Å². The third-order valence-electron chi connectivity index (χ3n) is 3.30. The lowest BCUT2D eigenvalue weighted by Gasteiger charge is -2.13. The molecule has 0 aromatic heterocycles. The predicted molar refractivity (Wildman–Crippen MR) is 86.9 cm³/mol. The standard InChI is InChI=1S/C17H17NO6/c1-10-7-12(19)5-6-13(10)18-24-17(20)11-8-14(21-2)16(23-4)15(9-11)22-3/h5-9H,1-4H3/b18-13-. The van der Waals surface area contributed by atoms with Crippen LogP contribution in [0.2, 0.25) is 0 Å². The van der Waals surface area contributed by atoms with Crippen LogP contribution >= 0.6 is 0 Å². The number of ether oxygens (including phenoxy) is 3. The Balaban J connectivity index is 2.26. The van der Waals surface area contributed by atoms with Crippen LogP contribution in [0.1, 0.15) is 17.3 Å². The summed E-state index contributed by atoms with van der Waals surface area (Å²) in [7, 11) is 4.37. The second kappa shape index (κ2) is 7.45. The van der Waals surface area contributed by atoms with Crippen molar-refractivity contribution in [1.82, 2.24) is 0 Å². The number of hydrogen-bond donors (Lipinski definition) is 0. The average Bonchev–Trinajstić information content (AvgIpc) is 2.59. The molecule has 1 aliphatic rings. The van der Waals surface area contributed by atoms with Crippen LogP contribution in [0.3, 0.4) is 0 Å². The first kappa shape index (κ1) is 17.3. The van der Waals surface area contributed by atoms with E-state index in [1.54, 1.807) is 6.92 Å². The van der Waals surface area contributed by atoms with Gasteiger partial charge in [0.2, 0.25) is 5.75 Å². The second-order valence-electron chi connectivity index (χ2n) is 4.83. The Morgan fingerprint density at radius 3 is 2.12 bits per heavy atom. The number of nitrogens with zero attached hydrogens (tertiary/aromatic N) is 1. The van der Waals surface area contributed by atoms with Crippen LogP contribution in [0.5, 0.6) is 17.2 Å². The van der Waals surface area contributed by atoms with Crippen molar-refractivity contribution in [2.75, 3.05) is 21.3 Å². The van der Waals surface area contributed by atoms with Crippen LogP contribution in [0.15, 0.2) is 41.1 Å². The van der Waals surface area contributed by atoms with Crippen molar-refractivity contribution in [3.8, 4) is 17.2 Å². The summed E-state index contributed by atoms with van der Waals surface area (Å²) in [5, 5.41) is 3.78. The van der Waals surface area contributed by atoms with Gasteiger partial charge in [0.15, 0.2) is 17.3 Å². The van der Waals surface area contributed by atoms with Crippen LogP contribution in [-0.2, 0) is 9.63 Å². The molecule has 0 saturated heterocycles. The third-order valence-corrected chi connectivity index (χ3v) is 3.30. The molecule has 7 heteroatoms. The van der Waals surface area contributed by atoms with Crippen molar-refractivity contribution in [2.45, 2.75) is 6.92 Å². The van der Waals surface area contributed by atoms with Gasteiger partial charge in [-0.3, -0.25) is 4.79 Å². The van der Waals surface area contributed by atoms with Gasteiger partial charge in [-0.25, -0.2) is 4.79 Å². The number of ketones is 1. The highest BCUT2D eigenvalue weighted by Crippen LogP contribution is 2.38. The van der Waals surface area contributed by atoms with Gasteiger partial charge in [-0.1, -0.05) is 5.16 Å². The molecule has 0 amide bonds. The topological polar surface area (TPSA) is 83.4 Å². The zero-order valence-electron chi connectivity index (χ0n) is 13.8. The van der Waals surface area contributed by atoms with Crippen molar-refractivity contribution >= 4 is 17.5 Å². The van der Waals surface area contributed by atoms with E-state index in [0.717, 1.165) is 0 Å². The molecule has 0 aliphatic heterocycles. The Bertz CT molecular complexity index is 735. The number of hydrogen-bond acceptors (Lipinski definition) is 7. The largest absolute Gasteiger partial charge is 0.493 e. The molecule has 1 aliphatic carbocycles. The Labute approximate surface area is 139 Å². The molecule has 24 heavy (non-hydrogen) atoms. The van der Waals surface area contributed by atoms with E-state index in [-0.39, 0.29) is 11.3 Å². The maximum atomic E-state index is 12.2. The minimum Gasteiger partial charge on any atom is -0.493 e. The lowest BCUT2D eigenvalue weighted by atomic mass is 10.1. The molecule has 1 aromatic carbocycles. The molecule has 0 heterocycles. The molecule has 1 aromatic rings. The van der Waals surface area contributed by atoms with Crippen molar-refractivity contribution in [1.29, 1.82) is 0 Å². The highest BCUT2D eigenvalue weighted by Gasteiger charge is 2.18. The van der Waals surface area contributed by atoms with Crippen LogP contribution in [-0.4, -0.2) is 38.8 Å². The smallest absolute Gasteiger partial charge is 0.366 e. The van der Waals surface area contributed by atoms with Gasteiger partial charge >= 0.3 is 5.97 Å². The first-order valence-corrected chi connectivity index (χ1v) is 7.00. The molecule has 0 N–H and O–H groups in total. The van der Waals surface area contributed by atoms with Gasteiger partial charge in [0.25, 0.3) is 0 Å². The first-order chi connectivity index (χ1) is 11.5. The van der Waals surface area contributed by atoms with Gasteiger partial charge in [0.1, 0.15) is 5.71 Å². The Hall–Kier alpha value is -3.09. The van der Waals surface area contributed by atoms with E-state index in [1.165, 1.54) is 51.7 Å². The quantitative estimate of drug-likeness (QED) is 0.468. The molecule has 0 saturated carbocycles. The maximum absolute atomic E-state index is 12.2. The highest BCUT2D eigenvalue weighted by molar-refractivity contribution is 6.19. The maximum Gasteiger partial charge on any atom is 0.366 e. The van der Waals surface area contributed by atoms with Crippen LogP contribution in [0, 0.1) is 0 Å². The van der Waals surface area contributed by atoms with Crippen LogP contribution < -0.4 is 14.2 Å². The first-order valence-electron chi connectivity index (χ1n) is 7.00. The fourth-order valence-corrected chi connectivity index (χ4v) is 2.07. The van der Waals surface area contributed by atoms with E-state index in [9.17, 15) is 9.59 Å². The Kier molecular flexibility index (Phi) is 5.36. The number of methoxy groups -OCH3 is 3. The van der Waals surface area contributed by atoms with E-state index in [0.29, 0.717) is 28.5 Å². The van der Waals surface area contributed by atoms with Crippen molar-refractivity contribution < 1.29 is 28.6 Å². The summed E-state index contributed by atoms with van der Waals surface area (Å²) in [6.07, 6.45) is 4.24. The monoisotopic (exact) mass is 331 g/mol. The minimum atomic E-state index is -0.695. The van der Waals surface area contributed by atoms with Gasteiger partial charge in [-0.2, -0.15) is 0 Å². The molecular formula is C17H17NO6. The second-order valence-corrected chi connectivity index (χ2v) is 4.83. The Morgan fingerprint density at radius 2 is 1.62 bits per heavy atom. The Morgan fingerprint density at radius 1 is 1.00 bits per heavy atom. The fourth-order valence-electron chi connectivity index (χ4n) is 2.07. The van der Waals surface area contributed by atoms with Gasteiger partial charge in [0, 0.05) is 0 Å². The van der Waals surface area contributed by atoms with E-state index >= 15 is 0 Å². The zero-order valence-corrected chi connectivity index (χ0v) is 13.8. The van der Waals surface area contributed by atoms with E-state index in [2.05, 4.69) is 5.16 Å². The van der Waals surface area contributed by atoms with E-state index < -0.39 is 5.97 Å². The average molecular weight is 331 g/mol. The molecule has 0 bridgehead atoms. The summed E-state index contributed by atoms with van der Waals surface area (Å²) >= 11 is 0. The lowest BCUT2D eigenvalue weighted by molar-refractivity contribution is -0.110. The van der Waals surface area contributed by atoms with Gasteiger partial charge in [-0.15, -0.1) is 0 Å². The summed E-state index contributed by atoms with van der Waals surface area (Å²) in [6.45, 7) is 1.70. The van der Waals surface area contributed by atoms with Crippen molar-refractivity contribution in [2.24, 2.45) is 5.16 Å². The molecule has 0 unspecified atom stereocenters. The molecule has 0 atom stereocenters. The van der Waals surface area contributed by atoms with Gasteiger partial charge in [0.05, 0.1) is 26.9 Å². The third kappa shape index (κ3) is 3.62. The number of rotatable bonds is 5. The number of benzene rings is 1. The number of allylic oxidation sites excluding steroid dienone is 4. The molecule has 0 fully saturated rings. The van der Waals surface area contributed by atoms with Crippen molar-refractivity contribution in [3.05, 3.63) is 41.5 Å². The zero-order chi connectivity index (χ0) is 17.7. The number of carbonyl (C=O) groups is 2. The summed E-state index contributed by atoms with van der Waals surface area (Å²) in [5.41, 5.74) is 1.20. The summed E-state index contributed by atoms with van der Waals surface area (Å²) in [6, 6.07) is 2.93. The van der Waals surface area contributed by atoms with Crippen LogP contribution in [0.25, 0.3) is 0 Å². The molecule has 0 spiro atoms. The molecule has 2 rings (SSSR count). The van der Waals surface area contributed by atoms with Crippen LogP contribution in [0.4, 0.5) is 0 Å². The summed E-state index contributed by atoms with van der Waals surface area (Å²) < 4.78 is 15.6. The van der Waals surface area contributed by atoms with Gasteiger partial charge < -0.3 is 19.0 Å². The number of oxime groups is 1. The van der Waals surface area contributed by atoms with Crippen molar-refractivity contribution in [3.63, 3.8) is 0 Å². The summed E-state index contributed by atoms with van der Waals surface area (Å²) in [4.78, 5) is 28.4. The molecule has 0 radical (unpaired) electrons. The normalized spacial score (nSPS) is 15.1.